The molecule has 2 fully saturated rings. The highest BCUT2D eigenvalue weighted by Crippen LogP contribution is 2.27. The third kappa shape index (κ3) is 5.30. The first-order chi connectivity index (χ1) is 12.7. The Morgan fingerprint density at radius 1 is 1.00 bits per heavy atom. The zero-order valence-corrected chi connectivity index (χ0v) is 17.1. The minimum absolute atomic E-state index is 0.0958. The summed E-state index contributed by atoms with van der Waals surface area (Å²) in [7, 11) is -6.98. The number of nitrogens with one attached hydrogen (secondary N) is 1. The number of piperidine rings is 1. The zero-order valence-electron chi connectivity index (χ0n) is 15.4. The molecule has 0 atom stereocenters. The first kappa shape index (κ1) is 20.3. The predicted octanol–water partition coefficient (Wildman–Crippen LogP) is 1.55. The van der Waals surface area contributed by atoms with E-state index in [0.29, 0.717) is 31.5 Å². The molecular formula is C18H26N2O5S2. The molecule has 0 bridgehead atoms. The van der Waals surface area contributed by atoms with Crippen molar-refractivity contribution in [2.45, 2.75) is 54.4 Å². The van der Waals surface area contributed by atoms with Crippen LogP contribution in [-0.2, 0) is 24.7 Å². The number of sulfone groups is 1. The van der Waals surface area contributed by atoms with E-state index < -0.39 is 19.9 Å². The lowest BCUT2D eigenvalue weighted by molar-refractivity contribution is -0.121. The van der Waals surface area contributed by atoms with Crippen LogP contribution in [-0.4, -0.2) is 52.4 Å². The lowest BCUT2D eigenvalue weighted by Crippen LogP contribution is -2.38. The summed E-state index contributed by atoms with van der Waals surface area (Å²) in [6.45, 7) is 0.843. The maximum Gasteiger partial charge on any atom is 0.243 e. The summed E-state index contributed by atoms with van der Waals surface area (Å²) < 4.78 is 50.0. The Morgan fingerprint density at radius 2 is 1.56 bits per heavy atom. The fourth-order valence-electron chi connectivity index (χ4n) is 3.31. The molecule has 1 saturated heterocycles. The SMILES string of the molecule is CS(=O)(=O)c1ccc(S(=O)(=O)N2CCC(CCC(=O)NC3CC3)CC2)cc1. The smallest absolute Gasteiger partial charge is 0.243 e. The van der Waals surface area contributed by atoms with Crippen LogP contribution in [0.15, 0.2) is 34.1 Å². The summed E-state index contributed by atoms with van der Waals surface area (Å²) in [4.78, 5) is 12.0. The molecule has 1 saturated carbocycles. The van der Waals surface area contributed by atoms with Crippen molar-refractivity contribution < 1.29 is 21.6 Å². The second-order valence-electron chi connectivity index (χ2n) is 7.47. The summed E-state index contributed by atoms with van der Waals surface area (Å²) in [5, 5.41) is 2.98. The lowest BCUT2D eigenvalue weighted by atomic mass is 9.93. The van der Waals surface area contributed by atoms with E-state index in [1.165, 1.54) is 28.6 Å². The first-order valence-electron chi connectivity index (χ1n) is 9.26. The Labute approximate surface area is 161 Å². The number of sulfonamides is 1. The number of nitrogens with zero attached hydrogens (tertiary/aromatic N) is 1. The molecule has 2 aliphatic rings. The monoisotopic (exact) mass is 414 g/mol. The zero-order chi connectivity index (χ0) is 19.7. The second kappa shape index (κ2) is 7.89. The van der Waals surface area contributed by atoms with Crippen molar-refractivity contribution >= 4 is 25.8 Å². The Hall–Kier alpha value is -1.45. The first-order valence-corrected chi connectivity index (χ1v) is 12.6. The molecule has 3 rings (SSSR count). The standard InChI is InChI=1S/C18H26N2O5S2/c1-26(22,23)16-5-7-17(8-6-16)27(24,25)20-12-10-14(11-13-20)2-9-18(21)19-15-3-4-15/h5-8,14-15H,2-4,9-13H2,1H3,(H,19,21). The van der Waals surface area contributed by atoms with Gasteiger partial charge in [-0.05, 0) is 62.3 Å². The van der Waals surface area contributed by atoms with E-state index in [1.54, 1.807) is 0 Å². The van der Waals surface area contributed by atoms with Crippen LogP contribution in [0.1, 0.15) is 38.5 Å². The van der Waals surface area contributed by atoms with E-state index in [9.17, 15) is 21.6 Å². The molecule has 0 spiro atoms. The van der Waals surface area contributed by atoms with Gasteiger partial charge < -0.3 is 5.32 Å². The number of benzene rings is 1. The van der Waals surface area contributed by atoms with Gasteiger partial charge in [0.1, 0.15) is 0 Å². The molecule has 27 heavy (non-hydrogen) atoms. The van der Waals surface area contributed by atoms with Gasteiger partial charge in [-0.2, -0.15) is 4.31 Å². The molecule has 0 radical (unpaired) electrons. The van der Waals surface area contributed by atoms with E-state index in [0.717, 1.165) is 38.4 Å². The van der Waals surface area contributed by atoms with Gasteiger partial charge in [-0.15, -0.1) is 0 Å². The van der Waals surface area contributed by atoms with Crippen LogP contribution in [0.4, 0.5) is 0 Å². The fourth-order valence-corrected chi connectivity index (χ4v) is 5.41. The normalized spacial score (nSPS) is 19.7. The number of amides is 1. The maximum absolute atomic E-state index is 12.8. The number of carbonyl (C=O) groups is 1. The van der Waals surface area contributed by atoms with Gasteiger partial charge in [0, 0.05) is 31.8 Å². The van der Waals surface area contributed by atoms with Crippen LogP contribution < -0.4 is 5.32 Å². The average Bonchev–Trinajstić information content (AvgIpc) is 3.43. The van der Waals surface area contributed by atoms with Crippen LogP contribution in [0.5, 0.6) is 0 Å². The highest BCUT2D eigenvalue weighted by molar-refractivity contribution is 7.90. The maximum atomic E-state index is 12.8. The van der Waals surface area contributed by atoms with E-state index in [4.69, 9.17) is 0 Å². The number of hydrogen-bond donors (Lipinski definition) is 1. The van der Waals surface area contributed by atoms with Crippen LogP contribution in [0.2, 0.25) is 0 Å². The molecule has 150 valence electrons. The number of rotatable bonds is 7. The topological polar surface area (TPSA) is 101 Å². The molecule has 1 aliphatic carbocycles. The van der Waals surface area contributed by atoms with Gasteiger partial charge in [0.25, 0.3) is 0 Å². The van der Waals surface area contributed by atoms with Crippen molar-refractivity contribution in [1.82, 2.24) is 9.62 Å². The average molecular weight is 415 g/mol. The van der Waals surface area contributed by atoms with E-state index in [-0.39, 0.29) is 15.7 Å². The second-order valence-corrected chi connectivity index (χ2v) is 11.4. The molecule has 7 nitrogen and oxygen atoms in total. The molecule has 1 heterocycles. The van der Waals surface area contributed by atoms with Crippen molar-refractivity contribution in [3.05, 3.63) is 24.3 Å². The van der Waals surface area contributed by atoms with Gasteiger partial charge in [-0.3, -0.25) is 4.79 Å². The fraction of sp³-hybridized carbons (Fsp3) is 0.611. The van der Waals surface area contributed by atoms with Crippen LogP contribution in [0.3, 0.4) is 0 Å². The Kier molecular flexibility index (Phi) is 5.93. The molecule has 1 aromatic carbocycles. The quantitative estimate of drug-likeness (QED) is 0.730. The Bertz CT molecular complexity index is 882. The van der Waals surface area contributed by atoms with Gasteiger partial charge in [-0.25, -0.2) is 16.8 Å². The predicted molar refractivity (Wildman–Crippen MR) is 101 cm³/mol. The van der Waals surface area contributed by atoms with Gasteiger partial charge in [-0.1, -0.05) is 0 Å². The van der Waals surface area contributed by atoms with Gasteiger partial charge in [0.2, 0.25) is 15.9 Å². The van der Waals surface area contributed by atoms with Crippen molar-refractivity contribution in [3.63, 3.8) is 0 Å². The van der Waals surface area contributed by atoms with Crippen LogP contribution in [0, 0.1) is 5.92 Å². The van der Waals surface area contributed by atoms with Crippen molar-refractivity contribution in [3.8, 4) is 0 Å². The molecule has 9 heteroatoms. The van der Waals surface area contributed by atoms with Crippen molar-refractivity contribution in [2.75, 3.05) is 19.3 Å². The summed E-state index contributed by atoms with van der Waals surface area (Å²) in [6, 6.07) is 5.72. The van der Waals surface area contributed by atoms with Gasteiger partial charge in [0.15, 0.2) is 9.84 Å². The summed E-state index contributed by atoms with van der Waals surface area (Å²) >= 11 is 0. The van der Waals surface area contributed by atoms with Crippen molar-refractivity contribution in [1.29, 1.82) is 0 Å². The molecule has 1 amide bonds. The molecular weight excluding hydrogens is 388 g/mol. The van der Waals surface area contributed by atoms with Crippen LogP contribution >= 0.6 is 0 Å². The molecule has 0 unspecified atom stereocenters. The van der Waals surface area contributed by atoms with Gasteiger partial charge in [0.05, 0.1) is 9.79 Å². The van der Waals surface area contributed by atoms with Crippen molar-refractivity contribution in [2.24, 2.45) is 5.92 Å². The van der Waals surface area contributed by atoms with Gasteiger partial charge >= 0.3 is 0 Å². The number of carbonyl (C=O) groups excluding carboxylic acids is 1. The Balaban J connectivity index is 1.53. The van der Waals surface area contributed by atoms with E-state index in [1.807, 2.05) is 0 Å². The number of hydrogen-bond acceptors (Lipinski definition) is 5. The highest BCUT2D eigenvalue weighted by atomic mass is 32.2. The third-order valence-corrected chi connectivity index (χ3v) is 8.23. The molecule has 1 aliphatic heterocycles. The summed E-state index contributed by atoms with van der Waals surface area (Å²) in [6.07, 6.45) is 6.00. The lowest BCUT2D eigenvalue weighted by Gasteiger charge is -2.31. The van der Waals surface area contributed by atoms with E-state index in [2.05, 4.69) is 5.32 Å². The molecule has 1 N–H and O–H groups in total. The highest BCUT2D eigenvalue weighted by Gasteiger charge is 2.30. The third-order valence-electron chi connectivity index (χ3n) is 5.19. The molecule has 1 aromatic rings. The molecule has 0 aromatic heterocycles. The largest absolute Gasteiger partial charge is 0.353 e. The van der Waals surface area contributed by atoms with E-state index >= 15 is 0 Å². The summed E-state index contributed by atoms with van der Waals surface area (Å²) in [5.41, 5.74) is 0. The summed E-state index contributed by atoms with van der Waals surface area (Å²) in [5.74, 6) is 0.451. The minimum Gasteiger partial charge on any atom is -0.353 e. The Morgan fingerprint density at radius 3 is 2.07 bits per heavy atom. The van der Waals surface area contributed by atoms with Crippen LogP contribution in [0.25, 0.3) is 0 Å². The minimum atomic E-state index is -3.63.